The number of nitrogens with one attached hydrogen (secondary N) is 1. The van der Waals surface area contributed by atoms with Gasteiger partial charge in [0.2, 0.25) is 5.91 Å². The van der Waals surface area contributed by atoms with Crippen molar-refractivity contribution < 1.29 is 4.79 Å². The average molecular weight is 304 g/mol. The van der Waals surface area contributed by atoms with Gasteiger partial charge in [0.15, 0.2) is 0 Å². The lowest BCUT2D eigenvalue weighted by atomic mass is 9.67. The van der Waals surface area contributed by atoms with E-state index in [1.807, 2.05) is 0 Å². The van der Waals surface area contributed by atoms with Crippen molar-refractivity contribution in [3.05, 3.63) is 0 Å². The fourth-order valence-corrected chi connectivity index (χ4v) is 5.91. The first-order chi connectivity index (χ1) is 10.7. The van der Waals surface area contributed by atoms with Gasteiger partial charge in [0.05, 0.1) is 0 Å². The molecule has 2 heterocycles. The summed E-state index contributed by atoms with van der Waals surface area (Å²) in [5, 5.41) is 3.69. The zero-order valence-electron chi connectivity index (χ0n) is 14.1. The predicted molar refractivity (Wildman–Crippen MR) is 88.5 cm³/mol. The van der Waals surface area contributed by atoms with Crippen molar-refractivity contribution in [3.63, 3.8) is 0 Å². The number of hydrogen-bond donors (Lipinski definition) is 1. The van der Waals surface area contributed by atoms with Crippen molar-refractivity contribution in [2.75, 3.05) is 7.05 Å². The van der Waals surface area contributed by atoms with Crippen molar-refractivity contribution >= 4 is 5.91 Å². The van der Waals surface area contributed by atoms with Crippen LogP contribution in [0.4, 0.5) is 0 Å². The molecular formula is C19H32N2O. The standard InChI is InChI=1S/C19H32N2O/c1-21(18-11-16-8-9-17(12-18)20-16)19(22)15-7-6-13-4-2-3-5-14(13)10-15/h13-18,20H,2-12H2,1H3. The lowest BCUT2D eigenvalue weighted by Crippen LogP contribution is -2.50. The summed E-state index contributed by atoms with van der Waals surface area (Å²) in [6.07, 6.45) is 14.3. The van der Waals surface area contributed by atoms with Crippen molar-refractivity contribution in [1.82, 2.24) is 10.2 Å². The van der Waals surface area contributed by atoms with Gasteiger partial charge in [-0.1, -0.05) is 25.7 Å². The van der Waals surface area contributed by atoms with E-state index in [1.165, 1.54) is 64.2 Å². The molecule has 22 heavy (non-hydrogen) atoms. The minimum Gasteiger partial charge on any atom is -0.342 e. The summed E-state index contributed by atoms with van der Waals surface area (Å²) >= 11 is 0. The lowest BCUT2D eigenvalue weighted by molar-refractivity contribution is -0.139. The van der Waals surface area contributed by atoms with Crippen LogP contribution in [0.2, 0.25) is 0 Å². The van der Waals surface area contributed by atoms with E-state index >= 15 is 0 Å². The molecule has 0 radical (unpaired) electrons. The summed E-state index contributed by atoms with van der Waals surface area (Å²) in [5.41, 5.74) is 0. The van der Waals surface area contributed by atoms with Gasteiger partial charge in [-0.25, -0.2) is 0 Å². The Balaban J connectivity index is 1.36. The summed E-state index contributed by atoms with van der Waals surface area (Å²) in [4.78, 5) is 15.2. The maximum Gasteiger partial charge on any atom is 0.225 e. The molecule has 0 aromatic heterocycles. The predicted octanol–water partition coefficient (Wildman–Crippen LogP) is 3.33. The Kier molecular flexibility index (Phi) is 4.19. The Morgan fingerprint density at radius 2 is 1.55 bits per heavy atom. The van der Waals surface area contributed by atoms with Gasteiger partial charge < -0.3 is 10.2 Å². The Morgan fingerprint density at radius 1 is 0.864 bits per heavy atom. The number of carbonyl (C=O) groups excluding carboxylic acids is 1. The van der Waals surface area contributed by atoms with Gasteiger partial charge in [0, 0.05) is 31.1 Å². The monoisotopic (exact) mass is 304 g/mol. The van der Waals surface area contributed by atoms with E-state index in [9.17, 15) is 4.79 Å². The van der Waals surface area contributed by atoms with Crippen LogP contribution in [0.15, 0.2) is 0 Å². The van der Waals surface area contributed by atoms with Crippen molar-refractivity contribution in [1.29, 1.82) is 0 Å². The Morgan fingerprint density at radius 3 is 2.27 bits per heavy atom. The second-order valence-electron chi connectivity index (χ2n) is 8.53. The van der Waals surface area contributed by atoms with Crippen LogP contribution in [0.1, 0.15) is 70.6 Å². The molecular weight excluding hydrogens is 272 g/mol. The highest BCUT2D eigenvalue weighted by molar-refractivity contribution is 5.79. The summed E-state index contributed by atoms with van der Waals surface area (Å²) in [6, 6.07) is 1.84. The fourth-order valence-electron chi connectivity index (χ4n) is 5.91. The number of hydrogen-bond acceptors (Lipinski definition) is 2. The molecule has 5 atom stereocenters. The first-order valence-corrected chi connectivity index (χ1v) is 9.73. The third-order valence-electron chi connectivity index (χ3n) is 7.23. The Hall–Kier alpha value is -0.570. The molecule has 5 unspecified atom stereocenters. The number of piperidine rings is 1. The smallest absolute Gasteiger partial charge is 0.225 e. The first kappa shape index (κ1) is 15.0. The molecule has 3 nitrogen and oxygen atoms in total. The topological polar surface area (TPSA) is 32.3 Å². The number of nitrogens with zero attached hydrogens (tertiary/aromatic N) is 1. The number of carbonyl (C=O) groups is 1. The van der Waals surface area contributed by atoms with Gasteiger partial charge in [-0.05, 0) is 56.8 Å². The van der Waals surface area contributed by atoms with Gasteiger partial charge in [0.25, 0.3) is 0 Å². The molecule has 4 rings (SSSR count). The van der Waals surface area contributed by atoms with Crippen molar-refractivity contribution in [2.45, 2.75) is 88.8 Å². The summed E-state index contributed by atoms with van der Waals surface area (Å²) in [5.74, 6) is 2.60. The van der Waals surface area contributed by atoms with Crippen LogP contribution in [0.3, 0.4) is 0 Å². The minimum absolute atomic E-state index is 0.330. The highest BCUT2D eigenvalue weighted by Crippen LogP contribution is 2.43. The van der Waals surface area contributed by atoms with E-state index < -0.39 is 0 Å². The highest BCUT2D eigenvalue weighted by atomic mass is 16.2. The van der Waals surface area contributed by atoms with Crippen LogP contribution >= 0.6 is 0 Å². The van der Waals surface area contributed by atoms with E-state index in [0.29, 0.717) is 30.0 Å². The summed E-state index contributed by atoms with van der Waals surface area (Å²) < 4.78 is 0. The van der Waals surface area contributed by atoms with Crippen LogP contribution in [0, 0.1) is 17.8 Å². The SMILES string of the molecule is CN(C(=O)C1CCC2CCCCC2C1)C1CC2CCC(C1)N2. The van der Waals surface area contributed by atoms with E-state index in [-0.39, 0.29) is 0 Å². The minimum atomic E-state index is 0.330. The quantitative estimate of drug-likeness (QED) is 0.848. The molecule has 0 spiro atoms. The molecule has 0 aromatic carbocycles. The van der Waals surface area contributed by atoms with E-state index in [4.69, 9.17) is 0 Å². The summed E-state index contributed by atoms with van der Waals surface area (Å²) in [6.45, 7) is 0. The van der Waals surface area contributed by atoms with Crippen molar-refractivity contribution in [3.8, 4) is 0 Å². The molecule has 124 valence electrons. The van der Waals surface area contributed by atoms with Gasteiger partial charge in [0.1, 0.15) is 0 Å². The lowest BCUT2D eigenvalue weighted by Gasteiger charge is -2.42. The van der Waals surface area contributed by atoms with Gasteiger partial charge in [-0.3, -0.25) is 4.79 Å². The molecule has 3 heteroatoms. The molecule has 0 aromatic rings. The molecule has 2 aliphatic heterocycles. The van der Waals surface area contributed by atoms with Crippen molar-refractivity contribution in [2.24, 2.45) is 17.8 Å². The molecule has 2 saturated carbocycles. The average Bonchev–Trinajstić information content (AvgIpc) is 2.91. The molecule has 2 saturated heterocycles. The maximum atomic E-state index is 13.0. The third-order valence-corrected chi connectivity index (χ3v) is 7.23. The zero-order valence-corrected chi connectivity index (χ0v) is 14.1. The molecule has 1 N–H and O–H groups in total. The van der Waals surface area contributed by atoms with Crippen LogP contribution in [0.5, 0.6) is 0 Å². The van der Waals surface area contributed by atoms with Crippen LogP contribution in [-0.4, -0.2) is 36.0 Å². The molecule has 1 amide bonds. The zero-order chi connectivity index (χ0) is 15.1. The van der Waals surface area contributed by atoms with Crippen LogP contribution in [0.25, 0.3) is 0 Å². The fraction of sp³-hybridized carbons (Fsp3) is 0.947. The van der Waals surface area contributed by atoms with Gasteiger partial charge >= 0.3 is 0 Å². The van der Waals surface area contributed by atoms with Gasteiger partial charge in [-0.2, -0.15) is 0 Å². The second kappa shape index (κ2) is 6.14. The van der Waals surface area contributed by atoms with Crippen LogP contribution in [-0.2, 0) is 4.79 Å². The first-order valence-electron chi connectivity index (χ1n) is 9.73. The number of amides is 1. The van der Waals surface area contributed by atoms with E-state index in [2.05, 4.69) is 17.3 Å². The largest absolute Gasteiger partial charge is 0.342 e. The highest BCUT2D eigenvalue weighted by Gasteiger charge is 2.40. The van der Waals surface area contributed by atoms with Gasteiger partial charge in [-0.15, -0.1) is 0 Å². The van der Waals surface area contributed by atoms with Crippen LogP contribution < -0.4 is 5.32 Å². The Labute approximate surface area is 135 Å². The van der Waals surface area contributed by atoms with E-state index in [1.54, 1.807) is 0 Å². The Bertz CT molecular complexity index is 412. The summed E-state index contributed by atoms with van der Waals surface area (Å²) in [7, 11) is 2.09. The second-order valence-corrected chi connectivity index (χ2v) is 8.53. The normalized spacial score (nSPS) is 44.4. The number of rotatable bonds is 2. The maximum absolute atomic E-state index is 13.0. The number of fused-ring (bicyclic) bond motifs is 3. The molecule has 2 aliphatic carbocycles. The molecule has 4 aliphatic rings. The molecule has 4 fully saturated rings. The van der Waals surface area contributed by atoms with E-state index in [0.717, 1.165) is 18.3 Å². The molecule has 2 bridgehead atoms. The third kappa shape index (κ3) is 2.81.